The van der Waals surface area contributed by atoms with E-state index in [1.165, 1.54) is 12.1 Å². The minimum atomic E-state index is -0.280. The van der Waals surface area contributed by atoms with Gasteiger partial charge in [0.05, 0.1) is 16.8 Å². The molecule has 0 radical (unpaired) electrons. The maximum Gasteiger partial charge on any atom is 0.268 e. The Bertz CT molecular complexity index is 1130. The molecule has 0 atom stereocenters. The monoisotopic (exact) mass is 408 g/mol. The van der Waals surface area contributed by atoms with E-state index < -0.39 is 0 Å². The van der Waals surface area contributed by atoms with Crippen molar-refractivity contribution >= 4 is 27.5 Å². The Morgan fingerprint density at radius 3 is 2.69 bits per heavy atom. The van der Waals surface area contributed by atoms with Crippen molar-refractivity contribution in [2.45, 2.75) is 20.0 Å². The molecule has 29 heavy (non-hydrogen) atoms. The summed E-state index contributed by atoms with van der Waals surface area (Å²) in [6, 6.07) is 18.0. The SMILES string of the molecule is CCOc1ccc(CNC(=O)c2cc3sccc3n2Cc2cccc(F)c2)cc1. The van der Waals surface area contributed by atoms with Crippen LogP contribution in [0.3, 0.4) is 0 Å². The molecule has 6 heteroatoms. The van der Waals surface area contributed by atoms with Gasteiger partial charge in [0.1, 0.15) is 17.3 Å². The second-order valence-corrected chi connectivity index (χ2v) is 7.62. The van der Waals surface area contributed by atoms with Crippen LogP contribution >= 0.6 is 11.3 Å². The lowest BCUT2D eigenvalue weighted by atomic mass is 10.2. The fraction of sp³-hybridized carbons (Fsp3) is 0.174. The van der Waals surface area contributed by atoms with E-state index in [9.17, 15) is 9.18 Å². The van der Waals surface area contributed by atoms with E-state index in [2.05, 4.69) is 5.32 Å². The first-order chi connectivity index (χ1) is 14.1. The maximum atomic E-state index is 13.6. The molecule has 0 spiro atoms. The number of rotatable bonds is 7. The molecule has 0 fully saturated rings. The first kappa shape index (κ1) is 19.2. The fourth-order valence-electron chi connectivity index (χ4n) is 3.30. The molecule has 0 unspecified atom stereocenters. The highest BCUT2D eigenvalue weighted by molar-refractivity contribution is 7.17. The zero-order valence-corrected chi connectivity index (χ0v) is 16.8. The Morgan fingerprint density at radius 2 is 1.93 bits per heavy atom. The van der Waals surface area contributed by atoms with E-state index in [4.69, 9.17) is 4.74 Å². The normalized spacial score (nSPS) is 11.0. The molecule has 4 nitrogen and oxygen atoms in total. The van der Waals surface area contributed by atoms with Gasteiger partial charge in [-0.2, -0.15) is 0 Å². The van der Waals surface area contributed by atoms with Crippen LogP contribution in [0.25, 0.3) is 10.2 Å². The molecule has 2 aromatic heterocycles. The number of benzene rings is 2. The molecular weight excluding hydrogens is 387 g/mol. The van der Waals surface area contributed by atoms with Crippen LogP contribution in [-0.4, -0.2) is 17.1 Å². The van der Waals surface area contributed by atoms with Crippen LogP contribution in [0.4, 0.5) is 4.39 Å². The Kier molecular flexibility index (Phi) is 5.62. The van der Waals surface area contributed by atoms with Crippen molar-refractivity contribution in [1.29, 1.82) is 0 Å². The van der Waals surface area contributed by atoms with Gasteiger partial charge in [0.25, 0.3) is 5.91 Å². The van der Waals surface area contributed by atoms with Crippen LogP contribution in [0.1, 0.15) is 28.5 Å². The number of nitrogens with zero attached hydrogens (tertiary/aromatic N) is 1. The summed E-state index contributed by atoms with van der Waals surface area (Å²) in [6.45, 7) is 3.42. The highest BCUT2D eigenvalue weighted by atomic mass is 32.1. The first-order valence-corrected chi connectivity index (χ1v) is 10.3. The van der Waals surface area contributed by atoms with Crippen molar-refractivity contribution in [3.63, 3.8) is 0 Å². The average Bonchev–Trinajstić information content (AvgIpc) is 3.30. The molecular formula is C23H21FN2O2S. The predicted octanol–water partition coefficient (Wildman–Crippen LogP) is 5.22. The largest absolute Gasteiger partial charge is 0.494 e. The van der Waals surface area contributed by atoms with Crippen molar-refractivity contribution in [2.75, 3.05) is 6.61 Å². The Hall–Kier alpha value is -3.12. The van der Waals surface area contributed by atoms with Gasteiger partial charge in [-0.25, -0.2) is 4.39 Å². The molecule has 0 aliphatic rings. The van der Waals surface area contributed by atoms with Gasteiger partial charge >= 0.3 is 0 Å². The number of carbonyl (C=O) groups excluding carboxylic acids is 1. The van der Waals surface area contributed by atoms with E-state index in [0.29, 0.717) is 25.4 Å². The Morgan fingerprint density at radius 1 is 1.10 bits per heavy atom. The molecule has 0 aliphatic heterocycles. The van der Waals surface area contributed by atoms with Crippen LogP contribution in [-0.2, 0) is 13.1 Å². The number of nitrogens with one attached hydrogen (secondary N) is 1. The molecule has 2 heterocycles. The van der Waals surface area contributed by atoms with Gasteiger partial charge in [0, 0.05) is 13.1 Å². The van der Waals surface area contributed by atoms with Gasteiger partial charge in [0.15, 0.2) is 0 Å². The van der Waals surface area contributed by atoms with Gasteiger partial charge in [-0.05, 0) is 59.8 Å². The van der Waals surface area contributed by atoms with E-state index in [-0.39, 0.29) is 11.7 Å². The van der Waals surface area contributed by atoms with Crippen molar-refractivity contribution in [2.24, 2.45) is 0 Å². The van der Waals surface area contributed by atoms with E-state index in [0.717, 1.165) is 27.1 Å². The lowest BCUT2D eigenvalue weighted by Gasteiger charge is -2.11. The van der Waals surface area contributed by atoms with Crippen LogP contribution in [0, 0.1) is 5.82 Å². The molecule has 1 amide bonds. The minimum Gasteiger partial charge on any atom is -0.494 e. The maximum absolute atomic E-state index is 13.6. The molecule has 0 aliphatic carbocycles. The van der Waals surface area contributed by atoms with Gasteiger partial charge in [-0.3, -0.25) is 4.79 Å². The molecule has 4 rings (SSSR count). The summed E-state index contributed by atoms with van der Waals surface area (Å²) in [6.07, 6.45) is 0. The Labute approximate surface area is 172 Å². The van der Waals surface area contributed by atoms with Crippen molar-refractivity contribution in [3.05, 3.63) is 88.7 Å². The molecule has 4 aromatic rings. The third-order valence-corrected chi connectivity index (χ3v) is 5.53. The van der Waals surface area contributed by atoms with E-state index in [1.54, 1.807) is 17.4 Å². The number of amides is 1. The standard InChI is InChI=1S/C23H21FN2O2S/c1-2-28-19-8-6-16(7-9-19)14-25-23(27)21-13-22-20(10-11-29-22)26(21)15-17-4-3-5-18(24)12-17/h3-13H,2,14-15H2,1H3,(H,25,27). The average molecular weight is 408 g/mol. The number of carbonyl (C=O) groups is 1. The zero-order chi connectivity index (χ0) is 20.2. The quantitative estimate of drug-likeness (QED) is 0.456. The predicted molar refractivity (Wildman–Crippen MR) is 114 cm³/mol. The summed E-state index contributed by atoms with van der Waals surface area (Å²) in [5, 5.41) is 4.98. The summed E-state index contributed by atoms with van der Waals surface area (Å²) >= 11 is 1.59. The van der Waals surface area contributed by atoms with Crippen LogP contribution in [0.5, 0.6) is 5.75 Å². The molecule has 0 saturated carbocycles. The lowest BCUT2D eigenvalue weighted by molar-refractivity contribution is 0.0942. The summed E-state index contributed by atoms with van der Waals surface area (Å²) < 4.78 is 22.0. The number of ether oxygens (including phenoxy) is 1. The Balaban J connectivity index is 1.53. The highest BCUT2D eigenvalue weighted by Gasteiger charge is 2.17. The number of hydrogen-bond acceptors (Lipinski definition) is 3. The first-order valence-electron chi connectivity index (χ1n) is 9.45. The number of aromatic nitrogens is 1. The summed E-state index contributed by atoms with van der Waals surface area (Å²) in [7, 11) is 0. The number of thiophene rings is 1. The number of hydrogen-bond donors (Lipinski definition) is 1. The van der Waals surface area contributed by atoms with Gasteiger partial charge < -0.3 is 14.6 Å². The number of halogens is 1. The topological polar surface area (TPSA) is 43.3 Å². The number of fused-ring (bicyclic) bond motifs is 1. The third kappa shape index (κ3) is 4.32. The van der Waals surface area contributed by atoms with Crippen molar-refractivity contribution in [3.8, 4) is 5.75 Å². The molecule has 0 bridgehead atoms. The summed E-state index contributed by atoms with van der Waals surface area (Å²) in [5.41, 5.74) is 3.36. The van der Waals surface area contributed by atoms with Crippen LogP contribution in [0.2, 0.25) is 0 Å². The van der Waals surface area contributed by atoms with E-state index >= 15 is 0 Å². The summed E-state index contributed by atoms with van der Waals surface area (Å²) in [5.74, 6) is 0.378. The third-order valence-electron chi connectivity index (χ3n) is 4.67. The van der Waals surface area contributed by atoms with Crippen molar-refractivity contribution < 1.29 is 13.9 Å². The lowest BCUT2D eigenvalue weighted by Crippen LogP contribution is -2.25. The second-order valence-electron chi connectivity index (χ2n) is 6.68. The molecule has 148 valence electrons. The van der Waals surface area contributed by atoms with Crippen molar-refractivity contribution in [1.82, 2.24) is 9.88 Å². The van der Waals surface area contributed by atoms with Gasteiger partial charge in [-0.15, -0.1) is 11.3 Å². The summed E-state index contributed by atoms with van der Waals surface area (Å²) in [4.78, 5) is 12.9. The minimum absolute atomic E-state index is 0.154. The van der Waals surface area contributed by atoms with Gasteiger partial charge in [0.2, 0.25) is 0 Å². The highest BCUT2D eigenvalue weighted by Crippen LogP contribution is 2.26. The van der Waals surface area contributed by atoms with Gasteiger partial charge in [-0.1, -0.05) is 24.3 Å². The fourth-order valence-corrected chi connectivity index (χ4v) is 4.12. The van der Waals surface area contributed by atoms with E-state index in [1.807, 2.05) is 59.3 Å². The second kappa shape index (κ2) is 8.49. The zero-order valence-electron chi connectivity index (χ0n) is 16.0. The smallest absolute Gasteiger partial charge is 0.268 e. The molecule has 0 saturated heterocycles. The molecule has 2 aromatic carbocycles. The van der Waals surface area contributed by atoms with Crippen LogP contribution in [0.15, 0.2) is 66.0 Å². The van der Waals surface area contributed by atoms with Crippen LogP contribution < -0.4 is 10.1 Å². The molecule has 1 N–H and O–H groups in total.